The van der Waals surface area contributed by atoms with Gasteiger partial charge in [0.25, 0.3) is 0 Å². The van der Waals surface area contributed by atoms with Crippen LogP contribution in [0.3, 0.4) is 0 Å². The summed E-state index contributed by atoms with van der Waals surface area (Å²) < 4.78 is 5.69. The van der Waals surface area contributed by atoms with Gasteiger partial charge in [-0.2, -0.15) is 0 Å². The van der Waals surface area contributed by atoms with E-state index >= 15 is 0 Å². The SMILES string of the molecule is CCNC[C@@H](C)Oc1cc(CC)ccn1. The Bertz CT molecular complexity index is 289. The zero-order valence-corrected chi connectivity index (χ0v) is 9.79. The maximum atomic E-state index is 5.69. The Labute approximate surface area is 91.9 Å². The van der Waals surface area contributed by atoms with E-state index in [-0.39, 0.29) is 6.10 Å². The molecule has 0 aliphatic heterocycles. The van der Waals surface area contributed by atoms with Gasteiger partial charge in [0.05, 0.1) is 0 Å². The predicted molar refractivity (Wildman–Crippen MR) is 62.2 cm³/mol. The fourth-order valence-corrected chi connectivity index (χ4v) is 1.33. The van der Waals surface area contributed by atoms with Crippen LogP contribution in [0.25, 0.3) is 0 Å². The number of nitrogens with one attached hydrogen (secondary N) is 1. The van der Waals surface area contributed by atoms with Crippen LogP contribution in [0.2, 0.25) is 0 Å². The molecule has 1 aromatic rings. The first kappa shape index (κ1) is 12.0. The number of rotatable bonds is 6. The number of pyridine rings is 1. The molecule has 3 heteroatoms. The maximum Gasteiger partial charge on any atom is 0.213 e. The van der Waals surface area contributed by atoms with Gasteiger partial charge < -0.3 is 10.1 Å². The first-order chi connectivity index (χ1) is 7.26. The number of hydrogen-bond donors (Lipinski definition) is 1. The average molecular weight is 208 g/mol. The standard InChI is InChI=1S/C12H20N2O/c1-4-11-6-7-14-12(8-11)15-10(3)9-13-5-2/h6-8,10,13H,4-5,9H2,1-3H3/t10-/m1/s1. The van der Waals surface area contributed by atoms with E-state index < -0.39 is 0 Å². The van der Waals surface area contributed by atoms with Gasteiger partial charge in [-0.05, 0) is 31.5 Å². The summed E-state index contributed by atoms with van der Waals surface area (Å²) in [6.07, 6.45) is 2.97. The molecule has 0 bridgehead atoms. The monoisotopic (exact) mass is 208 g/mol. The van der Waals surface area contributed by atoms with E-state index in [4.69, 9.17) is 4.74 Å². The van der Waals surface area contributed by atoms with E-state index in [0.29, 0.717) is 0 Å². The highest BCUT2D eigenvalue weighted by atomic mass is 16.5. The third-order valence-electron chi connectivity index (χ3n) is 2.21. The van der Waals surface area contributed by atoms with Gasteiger partial charge >= 0.3 is 0 Å². The smallest absolute Gasteiger partial charge is 0.213 e. The zero-order valence-electron chi connectivity index (χ0n) is 9.79. The van der Waals surface area contributed by atoms with Crippen molar-refractivity contribution >= 4 is 0 Å². The van der Waals surface area contributed by atoms with Gasteiger partial charge in [0, 0.05) is 18.8 Å². The van der Waals surface area contributed by atoms with Gasteiger partial charge in [0.1, 0.15) is 6.10 Å². The number of aryl methyl sites for hydroxylation is 1. The Morgan fingerprint density at radius 2 is 2.27 bits per heavy atom. The highest BCUT2D eigenvalue weighted by Crippen LogP contribution is 2.11. The Hall–Kier alpha value is -1.09. The Kier molecular flexibility index (Phi) is 5.12. The van der Waals surface area contributed by atoms with Crippen LogP contribution in [0.4, 0.5) is 0 Å². The van der Waals surface area contributed by atoms with Crippen LogP contribution in [-0.4, -0.2) is 24.2 Å². The van der Waals surface area contributed by atoms with E-state index in [1.165, 1.54) is 5.56 Å². The van der Waals surface area contributed by atoms with Crippen LogP contribution in [0.5, 0.6) is 5.88 Å². The highest BCUT2D eigenvalue weighted by molar-refractivity contribution is 5.20. The summed E-state index contributed by atoms with van der Waals surface area (Å²) in [4.78, 5) is 4.19. The molecule has 0 aliphatic carbocycles. The van der Waals surface area contributed by atoms with Gasteiger partial charge in [-0.15, -0.1) is 0 Å². The fourth-order valence-electron chi connectivity index (χ4n) is 1.33. The molecule has 0 aromatic carbocycles. The van der Waals surface area contributed by atoms with Crippen LogP contribution in [-0.2, 0) is 6.42 Å². The molecule has 0 saturated carbocycles. The van der Waals surface area contributed by atoms with E-state index in [9.17, 15) is 0 Å². The average Bonchev–Trinajstić information content (AvgIpc) is 2.26. The maximum absolute atomic E-state index is 5.69. The molecule has 1 atom stereocenters. The molecule has 0 radical (unpaired) electrons. The van der Waals surface area contributed by atoms with Crippen LogP contribution >= 0.6 is 0 Å². The third kappa shape index (κ3) is 4.30. The van der Waals surface area contributed by atoms with E-state index in [2.05, 4.69) is 24.1 Å². The molecule has 0 spiro atoms. The summed E-state index contributed by atoms with van der Waals surface area (Å²) in [5, 5.41) is 3.24. The van der Waals surface area contributed by atoms with Crippen LogP contribution in [0.15, 0.2) is 18.3 Å². The van der Waals surface area contributed by atoms with Gasteiger partial charge in [0.2, 0.25) is 5.88 Å². The first-order valence-electron chi connectivity index (χ1n) is 5.58. The van der Waals surface area contributed by atoms with Gasteiger partial charge in [-0.3, -0.25) is 0 Å². The lowest BCUT2D eigenvalue weighted by molar-refractivity contribution is 0.209. The lowest BCUT2D eigenvalue weighted by atomic mass is 10.2. The second kappa shape index (κ2) is 6.40. The van der Waals surface area contributed by atoms with E-state index in [0.717, 1.165) is 25.4 Å². The lowest BCUT2D eigenvalue weighted by Gasteiger charge is -2.14. The predicted octanol–water partition coefficient (Wildman–Crippen LogP) is 2.02. The second-order valence-corrected chi connectivity index (χ2v) is 3.59. The van der Waals surface area contributed by atoms with Gasteiger partial charge in [0.15, 0.2) is 0 Å². The molecule has 84 valence electrons. The zero-order chi connectivity index (χ0) is 11.1. The topological polar surface area (TPSA) is 34.1 Å². The number of aromatic nitrogens is 1. The fraction of sp³-hybridized carbons (Fsp3) is 0.583. The minimum atomic E-state index is 0.157. The summed E-state index contributed by atoms with van der Waals surface area (Å²) in [5.41, 5.74) is 1.26. The summed E-state index contributed by atoms with van der Waals surface area (Å²) >= 11 is 0. The molecule has 0 amide bonds. The molecule has 1 aromatic heterocycles. The highest BCUT2D eigenvalue weighted by Gasteiger charge is 2.04. The number of hydrogen-bond acceptors (Lipinski definition) is 3. The van der Waals surface area contributed by atoms with Crippen LogP contribution in [0.1, 0.15) is 26.3 Å². The minimum absolute atomic E-state index is 0.157. The van der Waals surface area contributed by atoms with Crippen molar-refractivity contribution in [1.82, 2.24) is 10.3 Å². The van der Waals surface area contributed by atoms with Crippen LogP contribution < -0.4 is 10.1 Å². The first-order valence-corrected chi connectivity index (χ1v) is 5.58. The van der Waals surface area contributed by atoms with Crippen molar-refractivity contribution in [2.24, 2.45) is 0 Å². The second-order valence-electron chi connectivity index (χ2n) is 3.59. The quantitative estimate of drug-likeness (QED) is 0.776. The van der Waals surface area contributed by atoms with Crippen molar-refractivity contribution in [2.75, 3.05) is 13.1 Å². The lowest BCUT2D eigenvalue weighted by Crippen LogP contribution is -2.28. The Morgan fingerprint density at radius 1 is 1.47 bits per heavy atom. The van der Waals surface area contributed by atoms with Crippen molar-refractivity contribution in [3.05, 3.63) is 23.9 Å². The van der Waals surface area contributed by atoms with E-state index in [1.807, 2.05) is 19.1 Å². The molecular formula is C12H20N2O. The van der Waals surface area contributed by atoms with Crippen molar-refractivity contribution in [2.45, 2.75) is 33.3 Å². The molecule has 0 aliphatic rings. The molecule has 0 saturated heterocycles. The van der Waals surface area contributed by atoms with Crippen molar-refractivity contribution < 1.29 is 4.74 Å². The molecule has 0 unspecified atom stereocenters. The van der Waals surface area contributed by atoms with Crippen molar-refractivity contribution in [1.29, 1.82) is 0 Å². The molecule has 15 heavy (non-hydrogen) atoms. The number of ether oxygens (including phenoxy) is 1. The van der Waals surface area contributed by atoms with Gasteiger partial charge in [-0.1, -0.05) is 13.8 Å². The minimum Gasteiger partial charge on any atom is -0.473 e. The summed E-state index contributed by atoms with van der Waals surface area (Å²) in [6.45, 7) is 8.08. The normalized spacial score (nSPS) is 12.5. The molecular weight excluding hydrogens is 188 g/mol. The molecule has 1 heterocycles. The summed E-state index contributed by atoms with van der Waals surface area (Å²) in [5.74, 6) is 0.722. The third-order valence-corrected chi connectivity index (χ3v) is 2.21. The number of likely N-dealkylation sites (N-methyl/N-ethyl adjacent to an activating group) is 1. The summed E-state index contributed by atoms with van der Waals surface area (Å²) in [7, 11) is 0. The van der Waals surface area contributed by atoms with Crippen LogP contribution in [0, 0.1) is 0 Å². The molecule has 1 N–H and O–H groups in total. The largest absolute Gasteiger partial charge is 0.473 e. The number of nitrogens with zero attached hydrogens (tertiary/aromatic N) is 1. The van der Waals surface area contributed by atoms with Crippen molar-refractivity contribution in [3.8, 4) is 5.88 Å². The molecule has 3 nitrogen and oxygen atoms in total. The van der Waals surface area contributed by atoms with Crippen molar-refractivity contribution in [3.63, 3.8) is 0 Å². The Balaban J connectivity index is 2.48. The van der Waals surface area contributed by atoms with E-state index in [1.54, 1.807) is 6.20 Å². The molecule has 0 fully saturated rings. The Morgan fingerprint density at radius 3 is 2.93 bits per heavy atom. The molecule has 1 rings (SSSR count). The summed E-state index contributed by atoms with van der Waals surface area (Å²) in [6, 6.07) is 4.02. The van der Waals surface area contributed by atoms with Gasteiger partial charge in [-0.25, -0.2) is 4.98 Å².